The van der Waals surface area contributed by atoms with E-state index in [1.807, 2.05) is 6.92 Å². The van der Waals surface area contributed by atoms with Crippen molar-refractivity contribution in [2.45, 2.75) is 40.5 Å². The normalized spacial score (nSPS) is 10.6. The Balaban J connectivity index is 4.23. The van der Waals surface area contributed by atoms with Crippen LogP contribution in [0.25, 0.3) is 0 Å². The number of hydrogen-bond acceptors (Lipinski definition) is 4. The molecule has 0 aromatic heterocycles. The zero-order chi connectivity index (χ0) is 14.7. The molecule has 0 aliphatic rings. The van der Waals surface area contributed by atoms with Gasteiger partial charge in [0, 0.05) is 26.1 Å². The first-order chi connectivity index (χ1) is 9.08. The summed E-state index contributed by atoms with van der Waals surface area (Å²) in [6, 6.07) is 0. The summed E-state index contributed by atoms with van der Waals surface area (Å²) >= 11 is 0. The van der Waals surface area contributed by atoms with Gasteiger partial charge in [-0.25, -0.2) is 0 Å². The van der Waals surface area contributed by atoms with Gasteiger partial charge in [-0.05, 0) is 20.0 Å². The fourth-order valence-corrected chi connectivity index (χ4v) is 1.85. The van der Waals surface area contributed by atoms with Crippen LogP contribution in [0, 0.1) is 0 Å². The van der Waals surface area contributed by atoms with E-state index in [1.54, 1.807) is 11.8 Å². The zero-order valence-corrected chi connectivity index (χ0v) is 12.8. The lowest BCUT2D eigenvalue weighted by atomic mass is 10.3. The topological polar surface area (TPSA) is 49.9 Å². The van der Waals surface area contributed by atoms with Crippen molar-refractivity contribution in [2.75, 3.05) is 39.3 Å². The van der Waals surface area contributed by atoms with Crippen molar-refractivity contribution in [3.63, 3.8) is 0 Å². The van der Waals surface area contributed by atoms with E-state index >= 15 is 0 Å². The van der Waals surface area contributed by atoms with Gasteiger partial charge >= 0.3 is 5.97 Å². The van der Waals surface area contributed by atoms with Gasteiger partial charge in [0.1, 0.15) is 0 Å². The molecule has 0 spiro atoms. The molecule has 0 N–H and O–H groups in total. The lowest BCUT2D eigenvalue weighted by Gasteiger charge is -2.26. The molecule has 0 aliphatic carbocycles. The van der Waals surface area contributed by atoms with Gasteiger partial charge in [0.15, 0.2) is 0 Å². The smallest absolute Gasteiger partial charge is 0.307 e. The van der Waals surface area contributed by atoms with Gasteiger partial charge in [-0.3, -0.25) is 9.59 Å². The summed E-state index contributed by atoms with van der Waals surface area (Å²) in [6.45, 7) is 12.2. The molecule has 0 rings (SSSR count). The molecule has 0 saturated carbocycles. The maximum atomic E-state index is 11.8. The molecular formula is C14H28N2O3. The minimum atomic E-state index is -0.237. The van der Waals surface area contributed by atoms with Crippen molar-refractivity contribution in [1.29, 1.82) is 0 Å². The van der Waals surface area contributed by atoms with Crippen LogP contribution in [-0.4, -0.2) is 61.0 Å². The highest BCUT2D eigenvalue weighted by Crippen LogP contribution is 1.99. The summed E-state index contributed by atoms with van der Waals surface area (Å²) in [6.07, 6.45) is 0.749. The molecule has 19 heavy (non-hydrogen) atoms. The van der Waals surface area contributed by atoms with Gasteiger partial charge in [-0.2, -0.15) is 0 Å². The highest BCUT2D eigenvalue weighted by atomic mass is 16.5. The molecule has 0 fully saturated rings. The van der Waals surface area contributed by atoms with E-state index in [0.29, 0.717) is 26.1 Å². The maximum absolute atomic E-state index is 11.8. The van der Waals surface area contributed by atoms with E-state index in [-0.39, 0.29) is 18.3 Å². The van der Waals surface area contributed by atoms with Crippen molar-refractivity contribution in [1.82, 2.24) is 9.80 Å². The second-order valence-corrected chi connectivity index (χ2v) is 4.32. The van der Waals surface area contributed by atoms with Gasteiger partial charge in [-0.15, -0.1) is 0 Å². The van der Waals surface area contributed by atoms with Gasteiger partial charge in [0.05, 0.1) is 13.0 Å². The number of ether oxygens (including phenoxy) is 1. The number of esters is 1. The standard InChI is InChI=1S/C14H28N2O3/c1-5-13(17)16(10-9-14(18)19-8-4)12-11-15(6-2)7-3/h5-12H2,1-4H3. The highest BCUT2D eigenvalue weighted by Gasteiger charge is 2.14. The molecule has 0 unspecified atom stereocenters. The number of rotatable bonds is 10. The predicted octanol–water partition coefficient (Wildman–Crippen LogP) is 1.52. The molecule has 0 aromatic carbocycles. The first-order valence-corrected chi connectivity index (χ1v) is 7.24. The third-order valence-corrected chi connectivity index (χ3v) is 3.13. The number of carbonyl (C=O) groups is 2. The largest absolute Gasteiger partial charge is 0.466 e. The molecule has 112 valence electrons. The van der Waals surface area contributed by atoms with Crippen LogP contribution in [0.2, 0.25) is 0 Å². The molecular weight excluding hydrogens is 244 g/mol. The number of nitrogens with zero attached hydrogens (tertiary/aromatic N) is 2. The molecule has 0 bridgehead atoms. The van der Waals surface area contributed by atoms with E-state index in [4.69, 9.17) is 4.74 Å². The molecule has 0 aromatic rings. The van der Waals surface area contributed by atoms with Crippen molar-refractivity contribution < 1.29 is 14.3 Å². The van der Waals surface area contributed by atoms with Crippen molar-refractivity contribution in [2.24, 2.45) is 0 Å². The van der Waals surface area contributed by atoms with Crippen molar-refractivity contribution in [3.8, 4) is 0 Å². The van der Waals surface area contributed by atoms with Crippen molar-refractivity contribution >= 4 is 11.9 Å². The molecule has 5 nitrogen and oxygen atoms in total. The van der Waals surface area contributed by atoms with Crippen LogP contribution < -0.4 is 0 Å². The molecule has 1 amide bonds. The Morgan fingerprint density at radius 1 is 0.947 bits per heavy atom. The van der Waals surface area contributed by atoms with E-state index in [1.165, 1.54) is 0 Å². The summed E-state index contributed by atoms with van der Waals surface area (Å²) in [5, 5.41) is 0. The van der Waals surface area contributed by atoms with Crippen LogP contribution in [-0.2, 0) is 14.3 Å². The summed E-state index contributed by atoms with van der Waals surface area (Å²) < 4.78 is 4.89. The number of hydrogen-bond donors (Lipinski definition) is 0. The Morgan fingerprint density at radius 2 is 1.58 bits per heavy atom. The van der Waals surface area contributed by atoms with Gasteiger partial charge in [0.25, 0.3) is 0 Å². The number of likely N-dealkylation sites (N-methyl/N-ethyl adjacent to an activating group) is 1. The van der Waals surface area contributed by atoms with Crippen LogP contribution in [0.1, 0.15) is 40.5 Å². The van der Waals surface area contributed by atoms with E-state index in [0.717, 1.165) is 19.6 Å². The zero-order valence-electron chi connectivity index (χ0n) is 12.8. The third-order valence-electron chi connectivity index (χ3n) is 3.13. The Morgan fingerprint density at radius 3 is 2.05 bits per heavy atom. The van der Waals surface area contributed by atoms with Crippen molar-refractivity contribution in [3.05, 3.63) is 0 Å². The molecule has 0 saturated heterocycles. The SMILES string of the molecule is CCOC(=O)CCN(CCN(CC)CC)C(=O)CC. The van der Waals surface area contributed by atoms with E-state index < -0.39 is 0 Å². The van der Waals surface area contributed by atoms with Gasteiger partial charge < -0.3 is 14.5 Å². The van der Waals surface area contributed by atoms with E-state index in [2.05, 4.69) is 18.7 Å². The summed E-state index contributed by atoms with van der Waals surface area (Å²) in [4.78, 5) is 27.2. The lowest BCUT2D eigenvalue weighted by molar-refractivity contribution is -0.144. The Hall–Kier alpha value is -1.10. The van der Waals surface area contributed by atoms with Gasteiger partial charge in [-0.1, -0.05) is 20.8 Å². The van der Waals surface area contributed by atoms with Crippen LogP contribution in [0.4, 0.5) is 0 Å². The second-order valence-electron chi connectivity index (χ2n) is 4.32. The number of carbonyl (C=O) groups excluding carboxylic acids is 2. The average Bonchev–Trinajstić information content (AvgIpc) is 2.42. The molecule has 0 radical (unpaired) electrons. The lowest BCUT2D eigenvalue weighted by Crippen LogP contribution is -2.39. The minimum Gasteiger partial charge on any atom is -0.466 e. The van der Waals surface area contributed by atoms with Crippen LogP contribution in [0.5, 0.6) is 0 Å². The maximum Gasteiger partial charge on any atom is 0.307 e. The van der Waals surface area contributed by atoms with Crippen LogP contribution >= 0.6 is 0 Å². The van der Waals surface area contributed by atoms with Gasteiger partial charge in [0.2, 0.25) is 5.91 Å². The summed E-state index contributed by atoms with van der Waals surface area (Å²) in [5.41, 5.74) is 0. The monoisotopic (exact) mass is 272 g/mol. The molecule has 0 aliphatic heterocycles. The first kappa shape index (κ1) is 17.9. The third kappa shape index (κ3) is 7.82. The fraction of sp³-hybridized carbons (Fsp3) is 0.857. The second kappa shape index (κ2) is 10.8. The Kier molecular flexibility index (Phi) is 10.2. The first-order valence-electron chi connectivity index (χ1n) is 7.24. The van der Waals surface area contributed by atoms with Crippen LogP contribution in [0.15, 0.2) is 0 Å². The Bertz CT molecular complexity index is 265. The van der Waals surface area contributed by atoms with Crippen LogP contribution in [0.3, 0.4) is 0 Å². The quantitative estimate of drug-likeness (QED) is 0.566. The fourth-order valence-electron chi connectivity index (χ4n) is 1.85. The summed E-state index contributed by atoms with van der Waals surface area (Å²) in [7, 11) is 0. The van der Waals surface area contributed by atoms with E-state index in [9.17, 15) is 9.59 Å². The molecule has 0 heterocycles. The molecule has 5 heteroatoms. The highest BCUT2D eigenvalue weighted by molar-refractivity contribution is 5.77. The Labute approximate surface area is 116 Å². The summed E-state index contributed by atoms with van der Waals surface area (Å²) in [5.74, 6) is -0.143. The molecule has 0 atom stereocenters. The average molecular weight is 272 g/mol. The number of amides is 1. The minimum absolute atomic E-state index is 0.0939. The predicted molar refractivity (Wildman–Crippen MR) is 75.9 cm³/mol.